The monoisotopic (exact) mass is 150 g/mol. The Labute approximate surface area is 68.8 Å². The van der Waals surface area contributed by atoms with Crippen molar-refractivity contribution in [2.24, 2.45) is 0 Å². The fourth-order valence-corrected chi connectivity index (χ4v) is 0.539. The van der Waals surface area contributed by atoms with Crippen molar-refractivity contribution in [3.05, 3.63) is 17.9 Å². The highest BCUT2D eigenvalue weighted by Gasteiger charge is 1.79. The molecular weight excluding hydrogens is 136 g/mol. The van der Waals surface area contributed by atoms with Gasteiger partial charge < -0.3 is 4.74 Å². The van der Waals surface area contributed by atoms with E-state index in [0.29, 0.717) is 6.61 Å². The molecule has 0 aliphatic carbocycles. The van der Waals surface area contributed by atoms with E-state index in [1.807, 2.05) is 26.0 Å². The average molecular weight is 150 g/mol. The number of rotatable bonds is 4. The number of hydrogen-bond donors (Lipinski definition) is 0. The van der Waals surface area contributed by atoms with E-state index in [9.17, 15) is 0 Å². The Morgan fingerprint density at radius 3 is 2.91 bits per heavy atom. The summed E-state index contributed by atoms with van der Waals surface area (Å²) in [5.74, 6) is 5.59. The Morgan fingerprint density at radius 1 is 1.45 bits per heavy atom. The van der Waals surface area contributed by atoms with E-state index >= 15 is 0 Å². The van der Waals surface area contributed by atoms with Gasteiger partial charge >= 0.3 is 0 Å². The molecule has 0 amide bonds. The van der Waals surface area contributed by atoms with Gasteiger partial charge in [0.15, 0.2) is 0 Å². The molecule has 0 spiro atoms. The van der Waals surface area contributed by atoms with Gasteiger partial charge in [-0.2, -0.15) is 0 Å². The highest BCUT2D eigenvalue weighted by atomic mass is 16.5. The Kier molecular flexibility index (Phi) is 8.25. The molecule has 0 radical (unpaired) electrons. The van der Waals surface area contributed by atoms with E-state index in [-0.39, 0.29) is 0 Å². The van der Waals surface area contributed by atoms with Gasteiger partial charge in [0, 0.05) is 0 Å². The van der Waals surface area contributed by atoms with Crippen LogP contribution in [0.4, 0.5) is 0 Å². The molecule has 11 heavy (non-hydrogen) atoms. The van der Waals surface area contributed by atoms with Crippen LogP contribution in [-0.2, 0) is 4.74 Å². The molecule has 0 heterocycles. The largest absolute Gasteiger partial charge is 0.368 e. The molecule has 0 fully saturated rings. The molecule has 0 unspecified atom stereocenters. The molecule has 0 saturated heterocycles. The van der Waals surface area contributed by atoms with Crippen molar-refractivity contribution in [3.8, 4) is 11.8 Å². The second kappa shape index (κ2) is 9.04. The van der Waals surface area contributed by atoms with Crippen LogP contribution in [0.1, 0.15) is 20.3 Å². The minimum atomic E-state index is 0.542. The number of ether oxygens (including phenoxy) is 1. The zero-order valence-corrected chi connectivity index (χ0v) is 7.18. The third-order valence-corrected chi connectivity index (χ3v) is 1.04. The molecule has 0 saturated carbocycles. The van der Waals surface area contributed by atoms with Crippen LogP contribution in [0.2, 0.25) is 0 Å². The molecule has 60 valence electrons. The summed E-state index contributed by atoms with van der Waals surface area (Å²) in [6.45, 7) is 5.03. The summed E-state index contributed by atoms with van der Waals surface area (Å²) < 4.78 is 5.16. The molecule has 1 heteroatoms. The van der Waals surface area contributed by atoms with Crippen molar-refractivity contribution < 1.29 is 4.74 Å². The van der Waals surface area contributed by atoms with E-state index in [1.165, 1.54) is 0 Å². The van der Waals surface area contributed by atoms with Gasteiger partial charge in [0.2, 0.25) is 0 Å². The first-order valence-electron chi connectivity index (χ1n) is 3.74. The minimum absolute atomic E-state index is 0.542. The summed E-state index contributed by atoms with van der Waals surface area (Å²) in [7, 11) is 0. The Bertz CT molecular complexity index is 187. The summed E-state index contributed by atoms with van der Waals surface area (Å²) in [6, 6.07) is 0. The lowest BCUT2D eigenvalue weighted by Gasteiger charge is -1.92. The lowest BCUT2D eigenvalue weighted by Crippen LogP contribution is -1.92. The van der Waals surface area contributed by atoms with Gasteiger partial charge in [-0.05, 0) is 32.4 Å². The highest BCUT2D eigenvalue weighted by Crippen LogP contribution is 1.82. The van der Waals surface area contributed by atoms with Gasteiger partial charge in [-0.15, -0.1) is 11.7 Å². The molecule has 0 aromatic heterocycles. The highest BCUT2D eigenvalue weighted by molar-refractivity contribution is 4.94. The van der Waals surface area contributed by atoms with Crippen LogP contribution in [0.3, 0.4) is 0 Å². The van der Waals surface area contributed by atoms with Gasteiger partial charge in [0.25, 0.3) is 0 Å². The quantitative estimate of drug-likeness (QED) is 0.339. The lowest BCUT2D eigenvalue weighted by atomic mass is 10.4. The Balaban J connectivity index is 3.13. The molecule has 0 aliphatic heterocycles. The van der Waals surface area contributed by atoms with Crippen LogP contribution in [0.15, 0.2) is 17.9 Å². The summed E-state index contributed by atoms with van der Waals surface area (Å²) in [6.07, 6.45) is 4.75. The van der Waals surface area contributed by atoms with Gasteiger partial charge in [-0.25, -0.2) is 0 Å². The molecule has 0 bridgehead atoms. The number of hydrogen-bond acceptors (Lipinski definition) is 1. The van der Waals surface area contributed by atoms with Crippen molar-refractivity contribution in [1.82, 2.24) is 0 Å². The van der Waals surface area contributed by atoms with Crippen molar-refractivity contribution >= 4 is 0 Å². The molecule has 0 aromatic rings. The summed E-state index contributed by atoms with van der Waals surface area (Å²) >= 11 is 0. The van der Waals surface area contributed by atoms with Gasteiger partial charge in [-0.1, -0.05) is 5.92 Å². The van der Waals surface area contributed by atoms with E-state index in [4.69, 9.17) is 4.74 Å². The van der Waals surface area contributed by atoms with E-state index in [2.05, 4.69) is 17.6 Å². The fraction of sp³-hybridized carbons (Fsp3) is 0.500. The molecule has 1 nitrogen and oxygen atoms in total. The second-order valence-corrected chi connectivity index (χ2v) is 1.93. The van der Waals surface area contributed by atoms with E-state index < -0.39 is 0 Å². The average Bonchev–Trinajstić information content (AvgIpc) is 2.03. The summed E-state index contributed by atoms with van der Waals surface area (Å²) in [5.41, 5.74) is 2.97. The maximum Gasteiger partial charge on any atom is 0.107 e. The fourth-order valence-electron chi connectivity index (χ4n) is 0.539. The van der Waals surface area contributed by atoms with Gasteiger partial charge in [0.05, 0.1) is 6.61 Å². The summed E-state index contributed by atoms with van der Waals surface area (Å²) in [4.78, 5) is 0. The predicted molar refractivity (Wildman–Crippen MR) is 47.2 cm³/mol. The maximum atomic E-state index is 5.16. The van der Waals surface area contributed by atoms with E-state index in [1.54, 1.807) is 0 Å². The molecule has 0 N–H and O–H groups in total. The lowest BCUT2D eigenvalue weighted by molar-refractivity contribution is 0.172. The van der Waals surface area contributed by atoms with Crippen LogP contribution < -0.4 is 0 Å². The Morgan fingerprint density at radius 2 is 2.27 bits per heavy atom. The zero-order valence-electron chi connectivity index (χ0n) is 7.18. The zero-order chi connectivity index (χ0) is 8.36. The maximum absolute atomic E-state index is 5.16. The SMILES string of the molecule is CC#CCOCCC=C=CC. The predicted octanol–water partition coefficient (Wildman–Crippen LogP) is 2.15. The third-order valence-electron chi connectivity index (χ3n) is 1.04. The normalized spacial score (nSPS) is 7.45. The first kappa shape index (κ1) is 10.0. The van der Waals surface area contributed by atoms with Crippen molar-refractivity contribution in [3.63, 3.8) is 0 Å². The Hall–Kier alpha value is -0.960. The molecule has 0 rings (SSSR count). The van der Waals surface area contributed by atoms with Gasteiger partial charge in [-0.3, -0.25) is 0 Å². The first-order chi connectivity index (χ1) is 5.41. The van der Waals surface area contributed by atoms with Crippen LogP contribution in [0.5, 0.6) is 0 Å². The van der Waals surface area contributed by atoms with Crippen molar-refractivity contribution in [2.45, 2.75) is 20.3 Å². The topological polar surface area (TPSA) is 9.23 Å². The van der Waals surface area contributed by atoms with Crippen LogP contribution in [0, 0.1) is 11.8 Å². The summed E-state index contributed by atoms with van der Waals surface area (Å²) in [5, 5.41) is 0. The second-order valence-electron chi connectivity index (χ2n) is 1.93. The first-order valence-corrected chi connectivity index (χ1v) is 3.74. The molecule has 0 aliphatic rings. The molecular formula is C10H14O. The standard InChI is InChI=1S/C10H14O/c1-3-5-7-8-10-11-9-6-4-2/h3,7H,8-10H2,1-2H3. The molecule has 0 aromatic carbocycles. The van der Waals surface area contributed by atoms with Crippen LogP contribution >= 0.6 is 0 Å². The van der Waals surface area contributed by atoms with Crippen LogP contribution in [-0.4, -0.2) is 13.2 Å². The minimum Gasteiger partial charge on any atom is -0.368 e. The van der Waals surface area contributed by atoms with Crippen LogP contribution in [0.25, 0.3) is 0 Å². The van der Waals surface area contributed by atoms with E-state index in [0.717, 1.165) is 13.0 Å². The van der Waals surface area contributed by atoms with Crippen molar-refractivity contribution in [1.29, 1.82) is 0 Å². The van der Waals surface area contributed by atoms with Gasteiger partial charge in [0.1, 0.15) is 6.61 Å². The van der Waals surface area contributed by atoms with Crippen molar-refractivity contribution in [2.75, 3.05) is 13.2 Å². The third kappa shape index (κ3) is 9.04. The molecule has 0 atom stereocenters. The smallest absolute Gasteiger partial charge is 0.107 e.